The number of ether oxygens (including phenoxy) is 1. The van der Waals surface area contributed by atoms with E-state index in [2.05, 4.69) is 9.82 Å². The van der Waals surface area contributed by atoms with Crippen molar-refractivity contribution < 1.29 is 17.9 Å². The number of rotatable bonds is 6. The highest BCUT2D eigenvalue weighted by atomic mass is 32.2. The molecule has 0 bridgehead atoms. The molecule has 3 rings (SSSR count). The molecule has 0 spiro atoms. The summed E-state index contributed by atoms with van der Waals surface area (Å²) in [5, 5.41) is 6.00. The van der Waals surface area contributed by atoms with Crippen LogP contribution < -0.4 is 4.72 Å². The zero-order valence-electron chi connectivity index (χ0n) is 16.0. The summed E-state index contributed by atoms with van der Waals surface area (Å²) in [5.74, 6) is -0.228. The van der Waals surface area contributed by atoms with Crippen LogP contribution in [-0.4, -0.2) is 45.0 Å². The third kappa shape index (κ3) is 4.76. The number of aryl methyl sites for hydroxylation is 1. The zero-order chi connectivity index (χ0) is 20.3. The number of carbonyl (C=O) groups excluding carboxylic acids is 1. The van der Waals surface area contributed by atoms with E-state index < -0.39 is 10.0 Å². The molecule has 28 heavy (non-hydrogen) atoms. The van der Waals surface area contributed by atoms with Gasteiger partial charge in [-0.25, -0.2) is 13.4 Å². The largest absolute Gasteiger partial charge is 0.375 e. The van der Waals surface area contributed by atoms with Crippen LogP contribution in [-0.2, 0) is 19.6 Å². The first kappa shape index (κ1) is 20.0. The van der Waals surface area contributed by atoms with Crippen molar-refractivity contribution in [1.29, 1.82) is 0 Å². The molecule has 2 aromatic rings. The molecule has 2 aromatic carbocycles. The van der Waals surface area contributed by atoms with E-state index in [0.717, 1.165) is 22.9 Å². The summed E-state index contributed by atoms with van der Waals surface area (Å²) in [6, 6.07) is 14.8. The van der Waals surface area contributed by atoms with E-state index in [4.69, 9.17) is 4.74 Å². The Labute approximate surface area is 165 Å². The fourth-order valence-corrected chi connectivity index (χ4v) is 3.68. The van der Waals surface area contributed by atoms with Crippen molar-refractivity contribution in [2.75, 3.05) is 24.7 Å². The van der Waals surface area contributed by atoms with Crippen molar-refractivity contribution in [1.82, 2.24) is 5.01 Å². The predicted octanol–water partition coefficient (Wildman–Crippen LogP) is 2.69. The number of amides is 1. The fraction of sp³-hybridized carbons (Fsp3) is 0.300. The molecule has 1 aliphatic heterocycles. The summed E-state index contributed by atoms with van der Waals surface area (Å²) >= 11 is 0. The van der Waals surface area contributed by atoms with Gasteiger partial charge >= 0.3 is 0 Å². The maximum absolute atomic E-state index is 12.5. The molecule has 0 fully saturated rings. The number of carbonyl (C=O) groups is 1. The van der Waals surface area contributed by atoms with Gasteiger partial charge in [0.1, 0.15) is 6.61 Å². The van der Waals surface area contributed by atoms with Gasteiger partial charge in [-0.05, 0) is 30.2 Å². The number of benzene rings is 2. The van der Waals surface area contributed by atoms with Crippen LogP contribution >= 0.6 is 0 Å². The molecule has 7 nitrogen and oxygen atoms in total. The first-order valence-corrected chi connectivity index (χ1v) is 10.7. The second-order valence-corrected chi connectivity index (χ2v) is 8.55. The SMILES string of the molecule is COCC(=O)N1N=C(c2cccc(NS(C)(=O)=O)c2)C[C@H]1c1ccc(C)cc1. The minimum Gasteiger partial charge on any atom is -0.375 e. The van der Waals surface area contributed by atoms with Crippen LogP contribution in [0, 0.1) is 6.92 Å². The molecule has 0 unspecified atom stereocenters. The van der Waals surface area contributed by atoms with Gasteiger partial charge in [-0.15, -0.1) is 0 Å². The molecule has 1 aliphatic rings. The third-order valence-corrected chi connectivity index (χ3v) is 5.00. The average molecular weight is 401 g/mol. The van der Waals surface area contributed by atoms with E-state index in [-0.39, 0.29) is 18.6 Å². The second-order valence-electron chi connectivity index (χ2n) is 6.80. The Morgan fingerprint density at radius 3 is 2.61 bits per heavy atom. The lowest BCUT2D eigenvalue weighted by Gasteiger charge is -2.21. The number of sulfonamides is 1. The molecular formula is C20H23N3O4S. The Hall–Kier alpha value is -2.71. The third-order valence-electron chi connectivity index (χ3n) is 4.39. The maximum atomic E-state index is 12.5. The van der Waals surface area contributed by atoms with Gasteiger partial charge in [-0.1, -0.05) is 42.0 Å². The number of nitrogens with zero attached hydrogens (tertiary/aromatic N) is 2. The lowest BCUT2D eigenvalue weighted by atomic mass is 9.97. The first-order valence-electron chi connectivity index (χ1n) is 8.80. The molecule has 0 aliphatic carbocycles. The van der Waals surface area contributed by atoms with E-state index in [1.807, 2.05) is 37.3 Å². The lowest BCUT2D eigenvalue weighted by Crippen LogP contribution is -2.30. The van der Waals surface area contributed by atoms with Crippen LogP contribution in [0.3, 0.4) is 0 Å². The maximum Gasteiger partial charge on any atom is 0.269 e. The van der Waals surface area contributed by atoms with E-state index in [9.17, 15) is 13.2 Å². The number of hydrogen-bond donors (Lipinski definition) is 1. The van der Waals surface area contributed by atoms with E-state index in [1.54, 1.807) is 18.2 Å². The van der Waals surface area contributed by atoms with Crippen molar-refractivity contribution in [3.63, 3.8) is 0 Å². The molecule has 148 valence electrons. The van der Waals surface area contributed by atoms with Crippen LogP contribution in [0.2, 0.25) is 0 Å². The zero-order valence-corrected chi connectivity index (χ0v) is 16.9. The van der Waals surface area contributed by atoms with Crippen LogP contribution in [0.15, 0.2) is 53.6 Å². The van der Waals surface area contributed by atoms with Crippen molar-refractivity contribution in [3.05, 3.63) is 65.2 Å². The number of anilines is 1. The monoisotopic (exact) mass is 401 g/mol. The molecule has 8 heteroatoms. The van der Waals surface area contributed by atoms with Gasteiger partial charge in [0, 0.05) is 19.2 Å². The van der Waals surface area contributed by atoms with Crippen LogP contribution in [0.4, 0.5) is 5.69 Å². The topological polar surface area (TPSA) is 88.1 Å². The van der Waals surface area contributed by atoms with Crippen LogP contribution in [0.5, 0.6) is 0 Å². The van der Waals surface area contributed by atoms with Gasteiger partial charge in [-0.3, -0.25) is 9.52 Å². The minimum absolute atomic E-state index is 0.0607. The Bertz CT molecular complexity index is 1000. The van der Waals surface area contributed by atoms with Crippen molar-refractivity contribution in [2.24, 2.45) is 5.10 Å². The van der Waals surface area contributed by atoms with Gasteiger partial charge < -0.3 is 4.74 Å². The molecule has 1 amide bonds. The molecule has 1 heterocycles. The summed E-state index contributed by atoms with van der Waals surface area (Å²) in [7, 11) is -1.91. The average Bonchev–Trinajstić information content (AvgIpc) is 3.07. The molecule has 0 saturated heterocycles. The number of methoxy groups -OCH3 is 1. The van der Waals surface area contributed by atoms with E-state index >= 15 is 0 Å². The Morgan fingerprint density at radius 1 is 1.25 bits per heavy atom. The first-order chi connectivity index (χ1) is 13.3. The van der Waals surface area contributed by atoms with Crippen molar-refractivity contribution >= 4 is 27.3 Å². The number of hydrazone groups is 1. The summed E-state index contributed by atoms with van der Waals surface area (Å²) in [6.45, 7) is 1.95. The molecule has 1 N–H and O–H groups in total. The molecule has 1 atom stereocenters. The van der Waals surface area contributed by atoms with Gasteiger partial charge in [0.05, 0.1) is 18.0 Å². The standard InChI is InChI=1S/C20H23N3O4S/c1-14-7-9-15(10-8-14)19-12-18(21-23(19)20(24)13-27-2)16-5-4-6-17(11-16)22-28(3,25)26/h4-11,19,22H,12-13H2,1-3H3/t19-/m0/s1. The lowest BCUT2D eigenvalue weighted by molar-refractivity contribution is -0.137. The molecular weight excluding hydrogens is 378 g/mol. The summed E-state index contributed by atoms with van der Waals surface area (Å²) in [4.78, 5) is 12.5. The number of hydrogen-bond acceptors (Lipinski definition) is 5. The fourth-order valence-electron chi connectivity index (χ4n) is 3.13. The van der Waals surface area contributed by atoms with Crippen LogP contribution in [0.1, 0.15) is 29.2 Å². The Balaban J connectivity index is 1.93. The van der Waals surface area contributed by atoms with Crippen molar-refractivity contribution in [3.8, 4) is 0 Å². The summed E-state index contributed by atoms with van der Waals surface area (Å²) < 4.78 is 30.5. The summed E-state index contributed by atoms with van der Waals surface area (Å²) in [6.07, 6.45) is 1.63. The molecule has 0 saturated carbocycles. The normalized spacial score (nSPS) is 16.8. The Kier molecular flexibility index (Phi) is 5.81. The smallest absolute Gasteiger partial charge is 0.269 e. The number of nitrogens with one attached hydrogen (secondary N) is 1. The van der Waals surface area contributed by atoms with E-state index in [1.165, 1.54) is 12.1 Å². The van der Waals surface area contributed by atoms with Gasteiger partial charge in [-0.2, -0.15) is 5.10 Å². The molecule has 0 radical (unpaired) electrons. The van der Waals surface area contributed by atoms with Crippen LogP contribution in [0.25, 0.3) is 0 Å². The highest BCUT2D eigenvalue weighted by Gasteiger charge is 2.33. The van der Waals surface area contributed by atoms with E-state index in [0.29, 0.717) is 17.8 Å². The van der Waals surface area contributed by atoms with Crippen molar-refractivity contribution in [2.45, 2.75) is 19.4 Å². The van der Waals surface area contributed by atoms with Gasteiger partial charge in [0.15, 0.2) is 0 Å². The van der Waals surface area contributed by atoms with Gasteiger partial charge in [0.2, 0.25) is 10.0 Å². The summed E-state index contributed by atoms with van der Waals surface area (Å²) in [5.41, 5.74) is 4.05. The highest BCUT2D eigenvalue weighted by Crippen LogP contribution is 2.33. The Morgan fingerprint density at radius 2 is 1.96 bits per heavy atom. The minimum atomic E-state index is -3.38. The highest BCUT2D eigenvalue weighted by molar-refractivity contribution is 7.92. The second kappa shape index (κ2) is 8.12. The van der Waals surface area contributed by atoms with Gasteiger partial charge in [0.25, 0.3) is 5.91 Å². The quantitative estimate of drug-likeness (QED) is 0.806. The predicted molar refractivity (Wildman–Crippen MR) is 109 cm³/mol. The molecule has 0 aromatic heterocycles.